The number of amides is 2. The lowest BCUT2D eigenvalue weighted by molar-refractivity contribution is -0.136. The van der Waals surface area contributed by atoms with Crippen LogP contribution in [-0.2, 0) is 9.59 Å². The molecule has 0 aliphatic carbocycles. The third kappa shape index (κ3) is 3.60. The first-order valence-corrected chi connectivity index (χ1v) is 8.48. The average Bonchev–Trinajstić information content (AvgIpc) is 3.14. The van der Waals surface area contributed by atoms with E-state index in [2.05, 4.69) is 15.6 Å². The summed E-state index contributed by atoms with van der Waals surface area (Å²) in [7, 11) is 0. The number of hydrogen-bond acceptors (Lipinski definition) is 4. The van der Waals surface area contributed by atoms with Gasteiger partial charge in [0.15, 0.2) is 0 Å². The van der Waals surface area contributed by atoms with Gasteiger partial charge in [-0.15, -0.1) is 11.3 Å². The van der Waals surface area contributed by atoms with E-state index in [1.54, 1.807) is 29.8 Å². The Kier molecular flexibility index (Phi) is 4.86. The number of thiophene rings is 1. The summed E-state index contributed by atoms with van der Waals surface area (Å²) in [6, 6.07) is 11.3. The van der Waals surface area contributed by atoms with Crippen molar-refractivity contribution in [1.82, 2.24) is 10.3 Å². The summed E-state index contributed by atoms with van der Waals surface area (Å²) in [6.07, 6.45) is 3.37. The second-order valence-corrected chi connectivity index (χ2v) is 6.46. The minimum atomic E-state index is -0.669. The van der Waals surface area contributed by atoms with Crippen LogP contribution in [0.5, 0.6) is 0 Å². The number of fused-ring (bicyclic) bond motifs is 1. The summed E-state index contributed by atoms with van der Waals surface area (Å²) in [5.74, 6) is -1.13. The highest BCUT2D eigenvalue weighted by atomic mass is 32.1. The number of nitrogens with one attached hydrogen (secondary N) is 2. The van der Waals surface area contributed by atoms with Crippen LogP contribution in [0.25, 0.3) is 10.8 Å². The minimum absolute atomic E-state index is 0.172. The zero-order valence-electron chi connectivity index (χ0n) is 13.2. The molecule has 2 aromatic heterocycles. The molecule has 5 nitrogen and oxygen atoms in total. The van der Waals surface area contributed by atoms with E-state index in [9.17, 15) is 9.59 Å². The fraction of sp³-hybridized carbons (Fsp3) is 0.167. The van der Waals surface area contributed by atoms with E-state index >= 15 is 0 Å². The van der Waals surface area contributed by atoms with E-state index in [0.717, 1.165) is 10.8 Å². The first kappa shape index (κ1) is 16.1. The summed E-state index contributed by atoms with van der Waals surface area (Å²) in [6.45, 7) is 2.44. The number of anilines is 1. The van der Waals surface area contributed by atoms with E-state index in [4.69, 9.17) is 0 Å². The first-order chi connectivity index (χ1) is 11.6. The molecule has 1 atom stereocenters. The van der Waals surface area contributed by atoms with E-state index in [-0.39, 0.29) is 5.92 Å². The SMILES string of the molecule is CC(CNC(=O)C(=O)Nc1cccc2cnccc12)c1cccs1. The molecule has 0 saturated heterocycles. The maximum absolute atomic E-state index is 12.1. The molecule has 0 spiro atoms. The Morgan fingerprint density at radius 1 is 1.17 bits per heavy atom. The number of aromatic nitrogens is 1. The van der Waals surface area contributed by atoms with E-state index in [0.29, 0.717) is 12.2 Å². The predicted octanol–water partition coefficient (Wildman–Crippen LogP) is 3.15. The van der Waals surface area contributed by atoms with Crippen molar-refractivity contribution in [3.63, 3.8) is 0 Å². The van der Waals surface area contributed by atoms with Gasteiger partial charge < -0.3 is 10.6 Å². The molecule has 0 radical (unpaired) electrons. The lowest BCUT2D eigenvalue weighted by atomic mass is 10.1. The average molecular weight is 339 g/mol. The fourth-order valence-electron chi connectivity index (χ4n) is 2.41. The highest BCUT2D eigenvalue weighted by Crippen LogP contribution is 2.22. The van der Waals surface area contributed by atoms with Crippen LogP contribution in [0.1, 0.15) is 17.7 Å². The van der Waals surface area contributed by atoms with Gasteiger partial charge >= 0.3 is 11.8 Å². The molecular weight excluding hydrogens is 322 g/mol. The highest BCUT2D eigenvalue weighted by Gasteiger charge is 2.16. The quantitative estimate of drug-likeness (QED) is 0.717. The van der Waals surface area contributed by atoms with Crippen molar-refractivity contribution in [1.29, 1.82) is 0 Å². The van der Waals surface area contributed by atoms with Crippen LogP contribution in [0.4, 0.5) is 5.69 Å². The van der Waals surface area contributed by atoms with Crippen molar-refractivity contribution in [2.75, 3.05) is 11.9 Å². The van der Waals surface area contributed by atoms with Gasteiger partial charge in [0, 0.05) is 46.2 Å². The fourth-order valence-corrected chi connectivity index (χ4v) is 3.20. The normalized spacial score (nSPS) is 11.9. The van der Waals surface area contributed by atoms with Gasteiger partial charge in [0.2, 0.25) is 0 Å². The van der Waals surface area contributed by atoms with Gasteiger partial charge in [0.25, 0.3) is 0 Å². The zero-order chi connectivity index (χ0) is 16.9. The lowest BCUT2D eigenvalue weighted by Gasteiger charge is -2.12. The van der Waals surface area contributed by atoms with Crippen LogP contribution in [-0.4, -0.2) is 23.3 Å². The molecule has 0 saturated carbocycles. The van der Waals surface area contributed by atoms with Gasteiger partial charge in [0.1, 0.15) is 0 Å². The maximum atomic E-state index is 12.1. The van der Waals surface area contributed by atoms with Gasteiger partial charge in [-0.3, -0.25) is 14.6 Å². The molecule has 3 rings (SSSR count). The third-order valence-electron chi connectivity index (χ3n) is 3.73. The first-order valence-electron chi connectivity index (χ1n) is 7.60. The predicted molar refractivity (Wildman–Crippen MR) is 96.1 cm³/mol. The Morgan fingerprint density at radius 2 is 2.04 bits per heavy atom. The van der Waals surface area contributed by atoms with Crippen LogP contribution < -0.4 is 10.6 Å². The molecule has 3 aromatic rings. The molecule has 1 aromatic carbocycles. The summed E-state index contributed by atoms with van der Waals surface area (Å²) in [4.78, 5) is 29.4. The van der Waals surface area contributed by atoms with E-state index in [1.165, 1.54) is 4.88 Å². The molecule has 0 fully saturated rings. The smallest absolute Gasteiger partial charge is 0.313 e. The standard InChI is InChI=1S/C18H17N3O2S/c1-12(16-6-3-9-24-16)10-20-17(22)18(23)21-15-5-2-4-13-11-19-8-7-14(13)15/h2-9,11-12H,10H2,1H3,(H,20,22)(H,21,23). The number of nitrogens with zero attached hydrogens (tertiary/aromatic N) is 1. The van der Waals surface area contributed by atoms with E-state index in [1.807, 2.05) is 42.6 Å². The Hall–Kier alpha value is -2.73. The number of carbonyl (C=O) groups excluding carboxylic acids is 2. The van der Waals surface area contributed by atoms with Gasteiger partial charge in [-0.2, -0.15) is 0 Å². The lowest BCUT2D eigenvalue weighted by Crippen LogP contribution is -2.37. The van der Waals surface area contributed by atoms with Crippen molar-refractivity contribution < 1.29 is 9.59 Å². The molecular formula is C18H17N3O2S. The largest absolute Gasteiger partial charge is 0.347 e. The molecule has 2 amide bonds. The molecule has 6 heteroatoms. The van der Waals surface area contributed by atoms with Crippen molar-refractivity contribution in [3.8, 4) is 0 Å². The molecule has 0 bridgehead atoms. The van der Waals surface area contributed by atoms with Crippen molar-refractivity contribution in [3.05, 3.63) is 59.0 Å². The van der Waals surface area contributed by atoms with Crippen molar-refractivity contribution >= 4 is 39.6 Å². The second kappa shape index (κ2) is 7.23. The van der Waals surface area contributed by atoms with Crippen molar-refractivity contribution in [2.24, 2.45) is 0 Å². The van der Waals surface area contributed by atoms with Crippen molar-refractivity contribution in [2.45, 2.75) is 12.8 Å². The summed E-state index contributed by atoms with van der Waals surface area (Å²) < 4.78 is 0. The van der Waals surface area contributed by atoms with Crippen LogP contribution in [0.3, 0.4) is 0 Å². The highest BCUT2D eigenvalue weighted by molar-refractivity contribution is 7.10. The Bertz CT molecular complexity index is 856. The Labute approximate surface area is 143 Å². The Balaban J connectivity index is 1.62. The molecule has 0 aliphatic heterocycles. The Morgan fingerprint density at radius 3 is 2.83 bits per heavy atom. The van der Waals surface area contributed by atoms with Gasteiger partial charge in [0.05, 0.1) is 0 Å². The van der Waals surface area contributed by atoms with Gasteiger partial charge in [-0.25, -0.2) is 0 Å². The van der Waals surface area contributed by atoms with Gasteiger partial charge in [-0.1, -0.05) is 25.1 Å². The minimum Gasteiger partial charge on any atom is -0.347 e. The molecule has 2 N–H and O–H groups in total. The number of pyridine rings is 1. The van der Waals surface area contributed by atoms with Crippen LogP contribution >= 0.6 is 11.3 Å². The number of hydrogen-bond donors (Lipinski definition) is 2. The molecule has 24 heavy (non-hydrogen) atoms. The number of rotatable bonds is 4. The molecule has 2 heterocycles. The summed E-state index contributed by atoms with van der Waals surface area (Å²) >= 11 is 1.64. The molecule has 0 aliphatic rings. The maximum Gasteiger partial charge on any atom is 0.313 e. The molecule has 122 valence electrons. The third-order valence-corrected chi connectivity index (χ3v) is 4.84. The monoisotopic (exact) mass is 339 g/mol. The summed E-state index contributed by atoms with van der Waals surface area (Å²) in [5, 5.41) is 9.10. The zero-order valence-corrected chi connectivity index (χ0v) is 14.0. The van der Waals surface area contributed by atoms with Gasteiger partial charge in [-0.05, 0) is 23.6 Å². The molecule has 1 unspecified atom stereocenters. The number of benzene rings is 1. The van der Waals surface area contributed by atoms with E-state index < -0.39 is 11.8 Å². The van der Waals surface area contributed by atoms with Crippen LogP contribution in [0.15, 0.2) is 54.2 Å². The second-order valence-electron chi connectivity index (χ2n) is 5.48. The topological polar surface area (TPSA) is 71.1 Å². The number of carbonyl (C=O) groups is 2. The summed E-state index contributed by atoms with van der Waals surface area (Å²) in [5.41, 5.74) is 0.598. The van der Waals surface area contributed by atoms with Crippen LogP contribution in [0, 0.1) is 0 Å². The van der Waals surface area contributed by atoms with Crippen LogP contribution in [0.2, 0.25) is 0 Å².